The molecule has 0 spiro atoms. The van der Waals surface area contributed by atoms with Crippen LogP contribution in [0.3, 0.4) is 0 Å². The maximum Gasteiger partial charge on any atom is 0.261 e. The largest absolute Gasteiger partial charge is 0.484 e. The fourth-order valence-corrected chi connectivity index (χ4v) is 4.23. The van der Waals surface area contributed by atoms with Crippen molar-refractivity contribution in [1.29, 1.82) is 0 Å². The van der Waals surface area contributed by atoms with Gasteiger partial charge in [0.05, 0.1) is 22.8 Å². The Morgan fingerprint density at radius 2 is 1.85 bits per heavy atom. The first-order valence-corrected chi connectivity index (χ1v) is 10.2. The Bertz CT molecular complexity index is 1010. The van der Waals surface area contributed by atoms with Gasteiger partial charge in [0.25, 0.3) is 10.0 Å². The van der Waals surface area contributed by atoms with E-state index < -0.39 is 15.6 Å². The SMILES string of the molecule is CC(=O)N1CC(C)(C)Oc2ccc(S(=O)(=O)Nc3cc(C)ccc3C)cc21. The summed E-state index contributed by atoms with van der Waals surface area (Å²) in [5, 5.41) is 0. The summed E-state index contributed by atoms with van der Waals surface area (Å²) in [6.07, 6.45) is 0. The smallest absolute Gasteiger partial charge is 0.261 e. The van der Waals surface area contributed by atoms with Crippen LogP contribution in [0.4, 0.5) is 11.4 Å². The number of hydrogen-bond acceptors (Lipinski definition) is 4. The van der Waals surface area contributed by atoms with E-state index in [1.165, 1.54) is 19.1 Å². The van der Waals surface area contributed by atoms with Crippen LogP contribution < -0.4 is 14.4 Å². The number of nitrogens with one attached hydrogen (secondary N) is 1. The van der Waals surface area contributed by atoms with Crippen molar-refractivity contribution in [2.24, 2.45) is 0 Å². The zero-order valence-corrected chi connectivity index (χ0v) is 17.0. The average Bonchev–Trinajstić information content (AvgIpc) is 2.55. The number of fused-ring (bicyclic) bond motifs is 1. The van der Waals surface area contributed by atoms with Gasteiger partial charge in [0.1, 0.15) is 11.4 Å². The van der Waals surface area contributed by atoms with Crippen LogP contribution >= 0.6 is 0 Å². The zero-order valence-electron chi connectivity index (χ0n) is 16.2. The van der Waals surface area contributed by atoms with E-state index in [2.05, 4.69) is 4.72 Å². The molecular formula is C20H24N2O4S. The van der Waals surface area contributed by atoms with Crippen molar-refractivity contribution in [3.05, 3.63) is 47.5 Å². The normalized spacial score (nSPS) is 15.7. The van der Waals surface area contributed by atoms with Gasteiger partial charge >= 0.3 is 0 Å². The standard InChI is InChI=1S/C20H24N2O4S/c1-13-6-7-14(2)17(10-13)21-27(24,25)16-8-9-19-18(11-16)22(15(3)23)12-20(4,5)26-19/h6-11,21H,12H2,1-5H3. The number of aryl methyl sites for hydroxylation is 2. The molecule has 0 unspecified atom stereocenters. The summed E-state index contributed by atoms with van der Waals surface area (Å²) in [6.45, 7) is 9.33. The lowest BCUT2D eigenvalue weighted by Crippen LogP contribution is -2.48. The van der Waals surface area contributed by atoms with Crippen molar-refractivity contribution < 1.29 is 17.9 Å². The van der Waals surface area contributed by atoms with Gasteiger partial charge in [-0.15, -0.1) is 0 Å². The van der Waals surface area contributed by atoms with Gasteiger partial charge in [-0.05, 0) is 63.1 Å². The molecule has 2 aromatic carbocycles. The monoisotopic (exact) mass is 388 g/mol. The molecule has 0 bridgehead atoms. The van der Waals surface area contributed by atoms with Gasteiger partial charge < -0.3 is 9.64 Å². The first-order valence-electron chi connectivity index (χ1n) is 8.70. The molecule has 1 heterocycles. The summed E-state index contributed by atoms with van der Waals surface area (Å²) in [5.74, 6) is 0.330. The van der Waals surface area contributed by atoms with E-state index >= 15 is 0 Å². The molecule has 0 aliphatic carbocycles. The van der Waals surface area contributed by atoms with Crippen LogP contribution in [-0.2, 0) is 14.8 Å². The molecule has 0 fully saturated rings. The molecular weight excluding hydrogens is 364 g/mol. The second kappa shape index (κ2) is 6.56. The highest BCUT2D eigenvalue weighted by atomic mass is 32.2. The molecule has 3 rings (SSSR count). The van der Waals surface area contributed by atoms with Crippen LogP contribution in [0.1, 0.15) is 31.9 Å². The third-order valence-electron chi connectivity index (χ3n) is 4.47. The minimum atomic E-state index is -3.81. The van der Waals surface area contributed by atoms with Crippen molar-refractivity contribution in [2.75, 3.05) is 16.2 Å². The van der Waals surface area contributed by atoms with E-state index in [0.717, 1.165) is 11.1 Å². The molecule has 0 aromatic heterocycles. The van der Waals surface area contributed by atoms with Crippen LogP contribution in [0.25, 0.3) is 0 Å². The van der Waals surface area contributed by atoms with Crippen LogP contribution in [0, 0.1) is 13.8 Å². The molecule has 7 heteroatoms. The van der Waals surface area contributed by atoms with Gasteiger partial charge in [0, 0.05) is 6.92 Å². The first-order chi connectivity index (χ1) is 12.5. The van der Waals surface area contributed by atoms with E-state index in [-0.39, 0.29) is 10.8 Å². The van der Waals surface area contributed by atoms with E-state index in [0.29, 0.717) is 23.7 Å². The molecule has 1 N–H and O–H groups in total. The maximum absolute atomic E-state index is 12.9. The molecule has 6 nitrogen and oxygen atoms in total. The van der Waals surface area contributed by atoms with Gasteiger partial charge in [-0.25, -0.2) is 8.42 Å². The number of rotatable bonds is 3. The predicted octanol–water partition coefficient (Wildman–Crippen LogP) is 3.63. The Morgan fingerprint density at radius 1 is 1.15 bits per heavy atom. The second-order valence-corrected chi connectivity index (χ2v) is 9.20. The molecule has 0 radical (unpaired) electrons. The average molecular weight is 388 g/mol. The van der Waals surface area contributed by atoms with Gasteiger partial charge in [-0.2, -0.15) is 0 Å². The highest BCUT2D eigenvalue weighted by Crippen LogP contribution is 2.38. The van der Waals surface area contributed by atoms with Crippen molar-refractivity contribution in [2.45, 2.75) is 45.1 Å². The summed E-state index contributed by atoms with van der Waals surface area (Å²) in [4.78, 5) is 13.7. The Kier molecular flexibility index (Phi) is 4.67. The number of nitrogens with zero attached hydrogens (tertiary/aromatic N) is 1. The molecule has 1 amide bonds. The number of anilines is 2. The van der Waals surface area contributed by atoms with Crippen molar-refractivity contribution in [1.82, 2.24) is 0 Å². The number of carbonyl (C=O) groups excluding carboxylic acids is 1. The Balaban J connectivity index is 2.02. The molecule has 27 heavy (non-hydrogen) atoms. The number of amides is 1. The molecule has 1 aliphatic rings. The fraction of sp³-hybridized carbons (Fsp3) is 0.350. The first kappa shape index (κ1) is 19.2. The molecule has 0 atom stereocenters. The molecule has 0 saturated carbocycles. The summed E-state index contributed by atoms with van der Waals surface area (Å²) in [6, 6.07) is 10.2. The van der Waals surface area contributed by atoms with Crippen molar-refractivity contribution in [3.63, 3.8) is 0 Å². The number of benzene rings is 2. The number of sulfonamides is 1. The second-order valence-electron chi connectivity index (χ2n) is 7.52. The fourth-order valence-electron chi connectivity index (χ4n) is 3.09. The van der Waals surface area contributed by atoms with Crippen molar-refractivity contribution in [3.8, 4) is 5.75 Å². The molecule has 0 saturated heterocycles. The third kappa shape index (κ3) is 3.93. The van der Waals surface area contributed by atoms with E-state index in [1.807, 2.05) is 39.8 Å². The van der Waals surface area contributed by atoms with E-state index in [9.17, 15) is 13.2 Å². The Labute approximate surface area is 160 Å². The number of carbonyl (C=O) groups is 1. The van der Waals surface area contributed by atoms with Gasteiger partial charge in [-0.3, -0.25) is 9.52 Å². The highest BCUT2D eigenvalue weighted by Gasteiger charge is 2.34. The Morgan fingerprint density at radius 3 is 2.52 bits per heavy atom. The van der Waals surface area contributed by atoms with Crippen LogP contribution in [-0.4, -0.2) is 26.5 Å². The van der Waals surface area contributed by atoms with Crippen LogP contribution in [0.15, 0.2) is 41.3 Å². The summed E-state index contributed by atoms with van der Waals surface area (Å²) in [5.41, 5.74) is 2.25. The number of ether oxygens (including phenoxy) is 1. The zero-order chi connectivity index (χ0) is 20.0. The van der Waals surface area contributed by atoms with Crippen molar-refractivity contribution >= 4 is 27.3 Å². The molecule has 2 aromatic rings. The number of hydrogen-bond donors (Lipinski definition) is 1. The van der Waals surface area contributed by atoms with Crippen LogP contribution in [0.2, 0.25) is 0 Å². The summed E-state index contributed by atoms with van der Waals surface area (Å²) >= 11 is 0. The van der Waals surface area contributed by atoms with E-state index in [1.54, 1.807) is 17.0 Å². The van der Waals surface area contributed by atoms with Gasteiger partial charge in [-0.1, -0.05) is 12.1 Å². The minimum absolute atomic E-state index is 0.0803. The molecule has 1 aliphatic heterocycles. The van der Waals surface area contributed by atoms with Gasteiger partial charge in [0.2, 0.25) is 5.91 Å². The van der Waals surface area contributed by atoms with Crippen LogP contribution in [0.5, 0.6) is 5.75 Å². The summed E-state index contributed by atoms with van der Waals surface area (Å²) < 4.78 is 34.3. The third-order valence-corrected chi connectivity index (χ3v) is 5.84. The lowest BCUT2D eigenvalue weighted by atomic mass is 10.1. The maximum atomic E-state index is 12.9. The summed E-state index contributed by atoms with van der Waals surface area (Å²) in [7, 11) is -3.81. The molecule has 144 valence electrons. The quantitative estimate of drug-likeness (QED) is 0.871. The highest BCUT2D eigenvalue weighted by molar-refractivity contribution is 7.92. The predicted molar refractivity (Wildman–Crippen MR) is 106 cm³/mol. The lowest BCUT2D eigenvalue weighted by Gasteiger charge is -2.39. The Hall–Kier alpha value is -2.54. The van der Waals surface area contributed by atoms with E-state index in [4.69, 9.17) is 4.74 Å². The minimum Gasteiger partial charge on any atom is -0.484 e. The van der Waals surface area contributed by atoms with Gasteiger partial charge in [0.15, 0.2) is 0 Å². The topological polar surface area (TPSA) is 75.7 Å². The lowest BCUT2D eigenvalue weighted by molar-refractivity contribution is -0.117.